The standard InChI is InChI=1S/C31H29.C5H8.C5H5.Zr/c1-30(2,24-11-7-5-8-12-24)26-17-15-22-19-23-16-18-27(21-29(23)28(22)20-26)31(3,4)25-13-9-6-10-14-25;2*1-2-4-5-3-1;/h5-15,17-18,20-21H,19H2,1-4H3;1-4H2;1-3H,4H2;. The van der Waals surface area contributed by atoms with Crippen molar-refractivity contribution in [2.24, 2.45) is 0 Å². The molecule has 1 saturated carbocycles. The van der Waals surface area contributed by atoms with Crippen LogP contribution in [0.25, 0.3) is 11.1 Å². The molecule has 0 bridgehead atoms. The van der Waals surface area contributed by atoms with Crippen molar-refractivity contribution in [1.29, 1.82) is 0 Å². The van der Waals surface area contributed by atoms with E-state index in [4.69, 9.17) is 0 Å². The average Bonchev–Trinajstić information content (AvgIpc) is 3.80. The zero-order chi connectivity index (χ0) is 28.9. The number of benzene rings is 4. The number of rotatable bonds is 6. The molecule has 3 aliphatic carbocycles. The fourth-order valence-electron chi connectivity index (χ4n) is 7.57. The Hall–Kier alpha value is -2.89. The van der Waals surface area contributed by atoms with Gasteiger partial charge < -0.3 is 0 Å². The van der Waals surface area contributed by atoms with Gasteiger partial charge in [-0.05, 0) is 0 Å². The topological polar surface area (TPSA) is 0 Å². The number of hydrogen-bond donors (Lipinski definition) is 0. The van der Waals surface area contributed by atoms with Gasteiger partial charge in [0.2, 0.25) is 0 Å². The Balaban J connectivity index is 1.45. The third-order valence-corrected chi connectivity index (χ3v) is 18.3. The maximum absolute atomic E-state index is 2.70. The van der Waals surface area contributed by atoms with E-state index in [1.54, 1.807) is 12.1 Å². The van der Waals surface area contributed by atoms with Gasteiger partial charge in [0.05, 0.1) is 0 Å². The van der Waals surface area contributed by atoms with Gasteiger partial charge in [-0.25, -0.2) is 0 Å². The summed E-state index contributed by atoms with van der Waals surface area (Å²) in [4.78, 5) is 0. The van der Waals surface area contributed by atoms with Gasteiger partial charge in [-0.3, -0.25) is 0 Å². The van der Waals surface area contributed by atoms with E-state index < -0.39 is 21.3 Å². The molecule has 0 heterocycles. The van der Waals surface area contributed by atoms with E-state index in [2.05, 4.69) is 137 Å². The van der Waals surface area contributed by atoms with Gasteiger partial charge >= 0.3 is 262 Å². The first-order valence-electron chi connectivity index (χ1n) is 15.8. The fourth-order valence-corrected chi connectivity index (χ4v) is 16.0. The van der Waals surface area contributed by atoms with Crippen LogP contribution in [-0.4, -0.2) is 3.21 Å². The van der Waals surface area contributed by atoms with Crippen LogP contribution in [0.1, 0.15) is 93.2 Å². The summed E-state index contributed by atoms with van der Waals surface area (Å²) in [6, 6.07) is 34.9. The Morgan fingerprint density at radius 2 is 1.24 bits per heavy atom. The van der Waals surface area contributed by atoms with Crippen molar-refractivity contribution in [3.63, 3.8) is 0 Å². The van der Waals surface area contributed by atoms with Crippen molar-refractivity contribution in [3.05, 3.63) is 146 Å². The number of allylic oxidation sites excluding steroid dienone is 4. The minimum absolute atomic E-state index is 0.0518. The van der Waals surface area contributed by atoms with Crippen molar-refractivity contribution in [2.45, 2.75) is 77.0 Å². The third-order valence-electron chi connectivity index (χ3n) is 10.4. The Labute approximate surface area is 260 Å². The van der Waals surface area contributed by atoms with Gasteiger partial charge in [0.25, 0.3) is 0 Å². The van der Waals surface area contributed by atoms with E-state index in [0.717, 1.165) is 6.42 Å². The summed E-state index contributed by atoms with van der Waals surface area (Å²) in [6.07, 6.45) is 15.0. The van der Waals surface area contributed by atoms with Crippen molar-refractivity contribution < 1.29 is 21.3 Å². The molecule has 0 nitrogen and oxygen atoms in total. The summed E-state index contributed by atoms with van der Waals surface area (Å²) in [6.45, 7) is 9.62. The Morgan fingerprint density at radius 1 is 0.619 bits per heavy atom. The van der Waals surface area contributed by atoms with Crippen molar-refractivity contribution >= 4 is 6.48 Å². The van der Waals surface area contributed by atoms with Crippen LogP contribution in [0.4, 0.5) is 0 Å². The molecule has 0 spiro atoms. The second-order valence-electron chi connectivity index (χ2n) is 13.6. The molecule has 0 aliphatic heterocycles. The molecule has 0 unspecified atom stereocenters. The Kier molecular flexibility index (Phi) is 7.31. The first kappa shape index (κ1) is 27.9. The van der Waals surface area contributed by atoms with Gasteiger partial charge in [-0.2, -0.15) is 0 Å². The van der Waals surface area contributed by atoms with E-state index in [9.17, 15) is 0 Å². The van der Waals surface area contributed by atoms with E-state index >= 15 is 0 Å². The minimum atomic E-state index is -2.23. The van der Waals surface area contributed by atoms with Gasteiger partial charge in [-0.1, -0.05) is 0 Å². The molecule has 0 amide bonds. The van der Waals surface area contributed by atoms with Gasteiger partial charge in [-0.15, -0.1) is 0 Å². The van der Waals surface area contributed by atoms with Gasteiger partial charge in [0.1, 0.15) is 0 Å². The third kappa shape index (κ3) is 4.83. The van der Waals surface area contributed by atoms with Crippen molar-refractivity contribution in [2.75, 3.05) is 0 Å². The average molecular weight is 626 g/mol. The molecule has 0 aromatic heterocycles. The van der Waals surface area contributed by atoms with Crippen LogP contribution in [0.3, 0.4) is 0 Å². The number of hydrogen-bond acceptors (Lipinski definition) is 0. The molecule has 0 saturated heterocycles. The van der Waals surface area contributed by atoms with Crippen LogP contribution in [0.5, 0.6) is 0 Å². The van der Waals surface area contributed by atoms with E-state index in [-0.39, 0.29) is 10.8 Å². The number of fused-ring (bicyclic) bond motifs is 3. The molecule has 42 heavy (non-hydrogen) atoms. The van der Waals surface area contributed by atoms with Crippen LogP contribution < -0.4 is 3.27 Å². The van der Waals surface area contributed by atoms with Gasteiger partial charge in [0, 0.05) is 0 Å². The zero-order valence-corrected chi connectivity index (χ0v) is 28.1. The second kappa shape index (κ2) is 11.0. The van der Waals surface area contributed by atoms with E-state index in [0.29, 0.717) is 0 Å². The summed E-state index contributed by atoms with van der Waals surface area (Å²) in [5.41, 5.74) is 11.7. The van der Waals surface area contributed by atoms with Crippen molar-refractivity contribution in [1.82, 2.24) is 0 Å². The summed E-state index contributed by atoms with van der Waals surface area (Å²) >= 11 is -2.23. The monoisotopic (exact) mass is 624 g/mol. The fraction of sp³-hybridized carbons (Fsp3) is 0.293. The molecule has 3 aliphatic rings. The first-order chi connectivity index (χ1) is 20.3. The van der Waals surface area contributed by atoms with Gasteiger partial charge in [0.15, 0.2) is 0 Å². The molecule has 7 rings (SSSR count). The quantitative estimate of drug-likeness (QED) is 0.176. The summed E-state index contributed by atoms with van der Waals surface area (Å²) in [5.74, 6) is 0. The zero-order valence-electron chi connectivity index (χ0n) is 25.6. The van der Waals surface area contributed by atoms with Crippen LogP contribution in [0.15, 0.2) is 113 Å². The predicted octanol–water partition coefficient (Wildman–Crippen LogP) is 9.74. The van der Waals surface area contributed by atoms with Crippen LogP contribution >= 0.6 is 0 Å². The first-order valence-corrected chi connectivity index (χ1v) is 19.5. The molecule has 0 atom stereocenters. The van der Waals surface area contributed by atoms with Crippen LogP contribution in [0.2, 0.25) is 0 Å². The molecule has 0 radical (unpaired) electrons. The maximum atomic E-state index is 2.70. The van der Waals surface area contributed by atoms with E-state index in [1.165, 1.54) is 71.0 Å². The summed E-state index contributed by atoms with van der Waals surface area (Å²) in [5, 5.41) is 0. The predicted molar refractivity (Wildman–Crippen MR) is 177 cm³/mol. The van der Waals surface area contributed by atoms with Crippen LogP contribution in [0, 0.1) is 0 Å². The normalized spacial score (nSPS) is 16.0. The van der Waals surface area contributed by atoms with Crippen molar-refractivity contribution in [3.8, 4) is 11.1 Å². The SMILES string of the molecule is CC(C)(c1ccccc1)c1ccc2c(c1)-c1cc(C(C)(C)c3ccccc3)c[c]([Zr]([C]3=CC=CC3)=[C]3CCCC3)c1C2. The molecule has 4 aromatic carbocycles. The van der Waals surface area contributed by atoms with E-state index in [1.807, 2.05) is 3.21 Å². The molecule has 1 fully saturated rings. The molecule has 210 valence electrons. The molecule has 0 N–H and O–H groups in total. The Morgan fingerprint density at radius 3 is 1.86 bits per heavy atom. The molecule has 1 heteroatoms. The summed E-state index contributed by atoms with van der Waals surface area (Å²) < 4.78 is 5.50. The summed E-state index contributed by atoms with van der Waals surface area (Å²) in [7, 11) is 0. The molecular formula is C41H42Zr. The second-order valence-corrected chi connectivity index (χ2v) is 20.1. The molecular weight excluding hydrogens is 584 g/mol. The molecule has 4 aromatic rings. The van der Waals surface area contributed by atoms with Crippen LogP contribution in [-0.2, 0) is 38.5 Å². The Bertz CT molecular complexity index is 1740.